The van der Waals surface area contributed by atoms with Crippen LogP contribution in [0.2, 0.25) is 15.1 Å². The molecule has 2 aromatic carbocycles. The molecule has 8 heteroatoms. The predicted molar refractivity (Wildman–Crippen MR) is 148 cm³/mol. The number of para-hydroxylation sites is 1. The van der Waals surface area contributed by atoms with E-state index in [2.05, 4.69) is 31.4 Å². The minimum atomic E-state index is -1.05. The normalized spacial score (nSPS) is 21.0. The van der Waals surface area contributed by atoms with Crippen LogP contribution in [0, 0.1) is 25.2 Å². The minimum Gasteiger partial charge on any atom is -0.479 e. The number of carbonyl (C=O) groups is 2. The first-order valence-electron chi connectivity index (χ1n) is 12.2. The van der Waals surface area contributed by atoms with Gasteiger partial charge in [0, 0.05) is 11.8 Å². The van der Waals surface area contributed by atoms with Gasteiger partial charge in [-0.3, -0.25) is 9.59 Å². The third kappa shape index (κ3) is 6.48. The van der Waals surface area contributed by atoms with Crippen LogP contribution >= 0.6 is 34.8 Å². The summed E-state index contributed by atoms with van der Waals surface area (Å²) in [5.41, 5.74) is 1.80. The summed E-state index contributed by atoms with van der Waals surface area (Å²) in [6.45, 7) is 12.2. The number of halogens is 3. The second-order valence-electron chi connectivity index (χ2n) is 10.9. The number of ether oxygens (including phenoxy) is 1. The maximum Gasteiger partial charge on any atom is 0.261 e. The van der Waals surface area contributed by atoms with Crippen molar-refractivity contribution in [2.24, 2.45) is 11.3 Å². The Hall–Kier alpha value is -1.95. The van der Waals surface area contributed by atoms with Crippen molar-refractivity contribution in [2.75, 3.05) is 5.32 Å². The lowest BCUT2D eigenvalue weighted by Crippen LogP contribution is -2.61. The van der Waals surface area contributed by atoms with E-state index in [1.54, 1.807) is 6.92 Å². The molecule has 1 fully saturated rings. The Morgan fingerprint density at radius 1 is 1.00 bits per heavy atom. The van der Waals surface area contributed by atoms with Crippen LogP contribution in [0.1, 0.15) is 64.5 Å². The topological polar surface area (TPSA) is 67.4 Å². The minimum absolute atomic E-state index is 0.125. The third-order valence-electron chi connectivity index (χ3n) is 7.23. The van der Waals surface area contributed by atoms with Gasteiger partial charge in [-0.1, -0.05) is 73.8 Å². The molecule has 0 unspecified atom stereocenters. The largest absolute Gasteiger partial charge is 0.479 e. The van der Waals surface area contributed by atoms with Gasteiger partial charge in [0.2, 0.25) is 5.91 Å². The molecular weight excluding hydrogens is 519 g/mol. The molecule has 2 aromatic rings. The van der Waals surface area contributed by atoms with Gasteiger partial charge in [0.25, 0.3) is 5.91 Å². The van der Waals surface area contributed by atoms with E-state index in [1.165, 1.54) is 12.1 Å². The van der Waals surface area contributed by atoms with Gasteiger partial charge in [-0.15, -0.1) is 0 Å². The zero-order chi connectivity index (χ0) is 26.8. The Bertz CT molecular complexity index is 1120. The molecular formula is C28H35Cl3N2O3. The van der Waals surface area contributed by atoms with E-state index in [0.29, 0.717) is 23.8 Å². The molecule has 2 N–H and O–H groups in total. The number of hydrogen-bond acceptors (Lipinski definition) is 3. The number of carbonyl (C=O) groups excluding carboxylic acids is 2. The van der Waals surface area contributed by atoms with Crippen molar-refractivity contribution >= 4 is 52.3 Å². The second-order valence-corrected chi connectivity index (χ2v) is 12.1. The van der Waals surface area contributed by atoms with E-state index in [-0.39, 0.29) is 27.1 Å². The van der Waals surface area contributed by atoms with Gasteiger partial charge >= 0.3 is 0 Å². The number of hydrogen-bond donors (Lipinski definition) is 2. The van der Waals surface area contributed by atoms with Crippen molar-refractivity contribution in [3.8, 4) is 5.75 Å². The van der Waals surface area contributed by atoms with Gasteiger partial charge in [-0.25, -0.2) is 0 Å². The summed E-state index contributed by atoms with van der Waals surface area (Å²) in [6, 6.07) is 8.83. The van der Waals surface area contributed by atoms with E-state index in [4.69, 9.17) is 39.5 Å². The Morgan fingerprint density at radius 3 is 2.11 bits per heavy atom. The Balaban J connectivity index is 1.84. The van der Waals surface area contributed by atoms with Gasteiger partial charge in [0.05, 0.1) is 15.1 Å². The summed E-state index contributed by atoms with van der Waals surface area (Å²) in [6.07, 6.45) is 1.83. The van der Waals surface area contributed by atoms with Crippen LogP contribution in [-0.2, 0) is 9.59 Å². The number of aryl methyl sites for hydroxylation is 2. The fourth-order valence-corrected chi connectivity index (χ4v) is 5.39. The first-order valence-corrected chi connectivity index (χ1v) is 13.4. The number of rotatable bonds is 6. The average molecular weight is 554 g/mol. The van der Waals surface area contributed by atoms with E-state index >= 15 is 0 Å². The SMILES string of the molecule is Cc1cccc(C)c1NC(=O)C1(NC(=O)[C@H](C)Oc2cc(Cl)c(Cl)cc2Cl)CCC(C(C)(C)C)CC1. The Kier molecular flexibility index (Phi) is 8.91. The quantitative estimate of drug-likeness (QED) is 0.359. The second kappa shape index (κ2) is 11.2. The van der Waals surface area contributed by atoms with E-state index in [9.17, 15) is 9.59 Å². The van der Waals surface area contributed by atoms with Crippen molar-refractivity contribution in [1.82, 2.24) is 5.32 Å². The lowest BCUT2D eigenvalue weighted by atomic mass is 9.67. The van der Waals surface area contributed by atoms with Crippen LogP contribution in [-0.4, -0.2) is 23.5 Å². The molecule has 1 aliphatic rings. The number of anilines is 1. The smallest absolute Gasteiger partial charge is 0.261 e. The van der Waals surface area contributed by atoms with Crippen LogP contribution in [0.3, 0.4) is 0 Å². The molecule has 1 saturated carbocycles. The molecule has 5 nitrogen and oxygen atoms in total. The number of amides is 2. The molecule has 1 aliphatic carbocycles. The highest BCUT2D eigenvalue weighted by Gasteiger charge is 2.46. The summed E-state index contributed by atoms with van der Waals surface area (Å²) >= 11 is 18.3. The molecule has 36 heavy (non-hydrogen) atoms. The molecule has 1 atom stereocenters. The van der Waals surface area contributed by atoms with Gasteiger partial charge in [-0.05, 0) is 75.0 Å². The van der Waals surface area contributed by atoms with Crippen LogP contribution in [0.25, 0.3) is 0 Å². The lowest BCUT2D eigenvalue weighted by molar-refractivity contribution is -0.136. The maximum atomic E-state index is 13.8. The van der Waals surface area contributed by atoms with Crippen molar-refractivity contribution in [3.05, 3.63) is 56.5 Å². The van der Waals surface area contributed by atoms with Gasteiger partial charge in [0.15, 0.2) is 6.10 Å². The standard InChI is InChI=1S/C28H35Cl3N2O3/c1-16-8-7-9-17(2)24(16)32-26(35)28(12-10-19(11-13-28)27(4,5)6)33-25(34)18(3)36-23-15-21(30)20(29)14-22(23)31/h7-9,14-15,18-19H,10-13H2,1-6H3,(H,32,35)(H,33,34)/t18-,19?,28?/m0/s1. The predicted octanol–water partition coefficient (Wildman–Crippen LogP) is 7.76. The molecule has 0 heterocycles. The van der Waals surface area contributed by atoms with Gasteiger partial charge in [0.1, 0.15) is 11.3 Å². The summed E-state index contributed by atoms with van der Waals surface area (Å²) < 4.78 is 5.82. The maximum absolute atomic E-state index is 13.8. The fraction of sp³-hybridized carbons (Fsp3) is 0.500. The number of benzene rings is 2. The van der Waals surface area contributed by atoms with E-state index in [0.717, 1.165) is 29.7 Å². The third-order valence-corrected chi connectivity index (χ3v) is 8.25. The van der Waals surface area contributed by atoms with Crippen LogP contribution < -0.4 is 15.4 Å². The first-order chi connectivity index (χ1) is 16.7. The summed E-state index contributed by atoms with van der Waals surface area (Å²) in [5.74, 6) is 0.0989. The average Bonchev–Trinajstić information content (AvgIpc) is 2.79. The first kappa shape index (κ1) is 28.6. The molecule has 0 spiro atoms. The highest BCUT2D eigenvalue weighted by molar-refractivity contribution is 6.43. The van der Waals surface area contributed by atoms with Crippen molar-refractivity contribution in [1.29, 1.82) is 0 Å². The Morgan fingerprint density at radius 2 is 1.56 bits per heavy atom. The summed E-state index contributed by atoms with van der Waals surface area (Å²) in [4.78, 5) is 27.1. The zero-order valence-corrected chi connectivity index (χ0v) is 24.0. The van der Waals surface area contributed by atoms with Gasteiger partial charge < -0.3 is 15.4 Å². The van der Waals surface area contributed by atoms with Gasteiger partial charge in [-0.2, -0.15) is 0 Å². The molecule has 0 aliphatic heterocycles. The highest BCUT2D eigenvalue weighted by Crippen LogP contribution is 2.42. The summed E-state index contributed by atoms with van der Waals surface area (Å²) in [5, 5.41) is 6.98. The van der Waals surface area contributed by atoms with Crippen LogP contribution in [0.5, 0.6) is 5.75 Å². The van der Waals surface area contributed by atoms with Crippen molar-refractivity contribution in [3.63, 3.8) is 0 Å². The van der Waals surface area contributed by atoms with Crippen molar-refractivity contribution < 1.29 is 14.3 Å². The molecule has 0 radical (unpaired) electrons. The fourth-order valence-electron chi connectivity index (χ4n) is 4.81. The molecule has 196 valence electrons. The van der Waals surface area contributed by atoms with Crippen LogP contribution in [0.4, 0.5) is 5.69 Å². The molecule has 3 rings (SSSR count). The monoisotopic (exact) mass is 552 g/mol. The molecule has 2 amide bonds. The molecule has 0 saturated heterocycles. The van der Waals surface area contributed by atoms with Crippen molar-refractivity contribution in [2.45, 2.75) is 78.9 Å². The highest BCUT2D eigenvalue weighted by atomic mass is 35.5. The Labute approximate surface area is 229 Å². The lowest BCUT2D eigenvalue weighted by Gasteiger charge is -2.43. The molecule has 0 bridgehead atoms. The zero-order valence-electron chi connectivity index (χ0n) is 21.7. The number of nitrogens with one attached hydrogen (secondary N) is 2. The van der Waals surface area contributed by atoms with E-state index < -0.39 is 17.6 Å². The molecule has 0 aromatic heterocycles. The van der Waals surface area contributed by atoms with E-state index in [1.807, 2.05) is 32.0 Å². The summed E-state index contributed by atoms with van der Waals surface area (Å²) in [7, 11) is 0. The van der Waals surface area contributed by atoms with Crippen LogP contribution in [0.15, 0.2) is 30.3 Å².